The molecular formula is C47H68N4O4. The molecule has 0 unspecified atom stereocenters. The standard InChI is InChI=1S/C47H68N4O4/c1-13-15-17-19-21-28(3)54-46(52)24-40-32(7)44(50-36(40)11)26-42-30(5)38(34(9)48-42)23-39-31(6)43(49-35(39)10)27-45-33(8)41(37(12)51-45)25-47(53)55-29(4)22-20-18-16-14-2/h26-29,50-51H,13-25H2,1-12H3/b42-26+,43-27?/t28-,29-/m0/s1. The average molecular weight is 753 g/mol. The van der Waals surface area contributed by atoms with Crippen LogP contribution in [0.25, 0.3) is 12.2 Å². The lowest BCUT2D eigenvalue weighted by atomic mass is 9.93. The van der Waals surface area contributed by atoms with Gasteiger partial charge >= 0.3 is 11.9 Å². The number of rotatable bonds is 20. The second-order valence-corrected chi connectivity index (χ2v) is 16.0. The predicted molar refractivity (Wildman–Crippen MR) is 229 cm³/mol. The Morgan fingerprint density at radius 3 is 1.35 bits per heavy atom. The summed E-state index contributed by atoms with van der Waals surface area (Å²) in [5.74, 6) is -0.349. The molecule has 8 nitrogen and oxygen atoms in total. The first-order valence-electron chi connectivity index (χ1n) is 20.8. The summed E-state index contributed by atoms with van der Waals surface area (Å²) in [4.78, 5) is 42.8. The van der Waals surface area contributed by atoms with Crippen molar-refractivity contribution in [3.05, 3.63) is 78.7 Å². The number of ether oxygens (including phenoxy) is 2. The van der Waals surface area contributed by atoms with Crippen molar-refractivity contribution in [1.82, 2.24) is 9.97 Å². The second kappa shape index (κ2) is 20.1. The molecule has 0 amide bonds. The summed E-state index contributed by atoms with van der Waals surface area (Å²) in [6, 6.07) is 0. The first-order valence-corrected chi connectivity index (χ1v) is 20.8. The molecule has 0 radical (unpaired) electrons. The fourth-order valence-corrected chi connectivity index (χ4v) is 7.87. The van der Waals surface area contributed by atoms with Crippen LogP contribution in [0.5, 0.6) is 0 Å². The number of aliphatic imine (C=N–C) groups is 2. The number of H-pyrrole nitrogens is 2. The fourth-order valence-electron chi connectivity index (χ4n) is 7.87. The van der Waals surface area contributed by atoms with E-state index in [0.717, 1.165) is 111 Å². The normalized spacial score (nSPS) is 17.1. The zero-order valence-corrected chi connectivity index (χ0v) is 36.0. The number of hydrogen-bond donors (Lipinski definition) is 2. The molecule has 2 aliphatic heterocycles. The molecule has 0 saturated heterocycles. The van der Waals surface area contributed by atoms with Gasteiger partial charge in [-0.15, -0.1) is 0 Å². The second-order valence-electron chi connectivity index (χ2n) is 16.0. The van der Waals surface area contributed by atoms with E-state index >= 15 is 0 Å². The van der Waals surface area contributed by atoms with Gasteiger partial charge in [-0.2, -0.15) is 0 Å². The molecule has 0 spiro atoms. The number of carbonyl (C=O) groups is 2. The molecule has 0 fully saturated rings. The summed E-state index contributed by atoms with van der Waals surface area (Å²) < 4.78 is 11.5. The number of aromatic nitrogens is 2. The molecule has 4 heterocycles. The summed E-state index contributed by atoms with van der Waals surface area (Å²) in [5.41, 5.74) is 16.6. The first kappa shape index (κ1) is 43.5. The highest BCUT2D eigenvalue weighted by Crippen LogP contribution is 2.37. The molecule has 0 saturated carbocycles. The monoisotopic (exact) mass is 753 g/mol. The Kier molecular flexibility index (Phi) is 15.9. The van der Waals surface area contributed by atoms with E-state index in [4.69, 9.17) is 19.5 Å². The van der Waals surface area contributed by atoms with Crippen LogP contribution in [0.4, 0.5) is 0 Å². The Bertz CT molecular complexity index is 1770. The number of carbonyl (C=O) groups excluding carboxylic acids is 2. The Hall–Kier alpha value is -4.20. The van der Waals surface area contributed by atoms with Crippen LogP contribution >= 0.6 is 0 Å². The third kappa shape index (κ3) is 11.4. The van der Waals surface area contributed by atoms with Gasteiger partial charge < -0.3 is 19.4 Å². The highest BCUT2D eigenvalue weighted by molar-refractivity contribution is 6.09. The lowest BCUT2D eigenvalue weighted by Crippen LogP contribution is -2.17. The highest BCUT2D eigenvalue weighted by Gasteiger charge is 2.26. The molecule has 0 aromatic carbocycles. The summed E-state index contributed by atoms with van der Waals surface area (Å²) in [7, 11) is 0. The molecule has 2 aliphatic rings. The largest absolute Gasteiger partial charge is 0.462 e. The molecule has 8 heteroatoms. The fraction of sp³-hybridized carbons (Fsp3) is 0.574. The maximum absolute atomic E-state index is 12.9. The van der Waals surface area contributed by atoms with Gasteiger partial charge in [0.05, 0.1) is 36.4 Å². The zero-order valence-electron chi connectivity index (χ0n) is 36.0. The molecule has 0 aliphatic carbocycles. The van der Waals surface area contributed by atoms with Gasteiger partial charge in [0.2, 0.25) is 0 Å². The molecule has 4 rings (SSSR count). The Morgan fingerprint density at radius 1 is 0.600 bits per heavy atom. The number of hydrogen-bond acceptors (Lipinski definition) is 6. The van der Waals surface area contributed by atoms with Gasteiger partial charge in [-0.05, 0) is 152 Å². The molecule has 2 aromatic heterocycles. The SMILES string of the molecule is CCCCCC[C@H](C)OC(=O)Cc1c(C)[nH]c(C=C2N=C(C)C(CC3=C(C)/C(=C\c4[nH]c(C)c(CC(=O)O[C@@H](C)CCCCCC)c4C)N=C3C)=C2C)c1C. The molecule has 55 heavy (non-hydrogen) atoms. The molecule has 2 atom stereocenters. The van der Waals surface area contributed by atoms with Crippen molar-refractivity contribution < 1.29 is 19.1 Å². The van der Waals surface area contributed by atoms with Crippen molar-refractivity contribution in [1.29, 1.82) is 0 Å². The smallest absolute Gasteiger partial charge is 0.310 e. The van der Waals surface area contributed by atoms with Crippen molar-refractivity contribution in [3.8, 4) is 0 Å². The number of esters is 2. The van der Waals surface area contributed by atoms with E-state index in [-0.39, 0.29) is 37.0 Å². The number of nitrogens with one attached hydrogen (secondary N) is 2. The van der Waals surface area contributed by atoms with Crippen molar-refractivity contribution in [2.24, 2.45) is 9.98 Å². The van der Waals surface area contributed by atoms with Gasteiger partial charge in [0, 0.05) is 40.6 Å². The number of nitrogens with zero attached hydrogens (tertiary/aromatic N) is 2. The van der Waals surface area contributed by atoms with E-state index in [1.807, 2.05) is 27.7 Å². The quantitative estimate of drug-likeness (QED) is 0.104. The molecule has 0 bridgehead atoms. The van der Waals surface area contributed by atoms with Gasteiger partial charge in [-0.25, -0.2) is 0 Å². The minimum absolute atomic E-state index is 0.0676. The molecule has 2 N–H and O–H groups in total. The minimum Gasteiger partial charge on any atom is -0.462 e. The Morgan fingerprint density at radius 2 is 0.982 bits per heavy atom. The maximum Gasteiger partial charge on any atom is 0.310 e. The lowest BCUT2D eigenvalue weighted by molar-refractivity contribution is -0.148. The number of unbranched alkanes of at least 4 members (excludes halogenated alkanes) is 6. The van der Waals surface area contributed by atoms with Crippen LogP contribution < -0.4 is 0 Å². The van der Waals surface area contributed by atoms with E-state index in [1.165, 1.54) is 49.7 Å². The topological polar surface area (TPSA) is 109 Å². The van der Waals surface area contributed by atoms with Crippen molar-refractivity contribution in [2.75, 3.05) is 0 Å². The Labute approximate surface area is 331 Å². The van der Waals surface area contributed by atoms with Gasteiger partial charge in [0.15, 0.2) is 0 Å². The van der Waals surface area contributed by atoms with E-state index in [2.05, 4.69) is 77.5 Å². The number of aryl methyl sites for hydroxylation is 2. The van der Waals surface area contributed by atoms with Crippen molar-refractivity contribution in [3.63, 3.8) is 0 Å². The Balaban J connectivity index is 1.46. The van der Waals surface area contributed by atoms with E-state index in [9.17, 15) is 9.59 Å². The number of allylic oxidation sites excluding steroid dienone is 4. The molecule has 2 aromatic rings. The third-order valence-corrected chi connectivity index (χ3v) is 11.5. The van der Waals surface area contributed by atoms with Crippen LogP contribution in [0, 0.1) is 27.7 Å². The highest BCUT2D eigenvalue weighted by atomic mass is 16.5. The lowest BCUT2D eigenvalue weighted by Gasteiger charge is -2.13. The number of aromatic amines is 2. The first-order chi connectivity index (χ1) is 26.1. The van der Waals surface area contributed by atoms with Crippen LogP contribution in [-0.4, -0.2) is 45.5 Å². The van der Waals surface area contributed by atoms with Crippen molar-refractivity contribution >= 4 is 35.5 Å². The predicted octanol–water partition coefficient (Wildman–Crippen LogP) is 11.8. The minimum atomic E-state index is -0.175. The summed E-state index contributed by atoms with van der Waals surface area (Å²) >= 11 is 0. The van der Waals surface area contributed by atoms with Crippen molar-refractivity contribution in [2.45, 2.75) is 179 Å². The van der Waals surface area contributed by atoms with Crippen LogP contribution in [0.2, 0.25) is 0 Å². The van der Waals surface area contributed by atoms with E-state index in [0.29, 0.717) is 0 Å². The molecule has 300 valence electrons. The van der Waals surface area contributed by atoms with Crippen LogP contribution in [0.3, 0.4) is 0 Å². The summed E-state index contributed by atoms with van der Waals surface area (Å²) in [6.45, 7) is 25.0. The van der Waals surface area contributed by atoms with E-state index < -0.39 is 0 Å². The van der Waals surface area contributed by atoms with Crippen LogP contribution in [0.1, 0.15) is 171 Å². The van der Waals surface area contributed by atoms with Crippen LogP contribution in [-0.2, 0) is 31.9 Å². The summed E-state index contributed by atoms with van der Waals surface area (Å²) in [5, 5.41) is 0. The van der Waals surface area contributed by atoms with Gasteiger partial charge in [-0.3, -0.25) is 19.6 Å². The van der Waals surface area contributed by atoms with E-state index in [1.54, 1.807) is 0 Å². The zero-order chi connectivity index (χ0) is 40.4. The summed E-state index contributed by atoms with van der Waals surface area (Å²) in [6.07, 6.45) is 16.5. The van der Waals surface area contributed by atoms with Gasteiger partial charge in [-0.1, -0.05) is 52.4 Å². The third-order valence-electron chi connectivity index (χ3n) is 11.5. The maximum atomic E-state index is 12.9. The average Bonchev–Trinajstić information content (AvgIpc) is 3.74. The van der Waals surface area contributed by atoms with Gasteiger partial charge in [0.25, 0.3) is 0 Å². The molecular weight excluding hydrogens is 685 g/mol. The van der Waals surface area contributed by atoms with Gasteiger partial charge in [0.1, 0.15) is 0 Å². The van der Waals surface area contributed by atoms with Crippen LogP contribution in [0.15, 0.2) is 43.7 Å².